The monoisotopic (exact) mass is 298 g/mol. The van der Waals surface area contributed by atoms with Crippen molar-refractivity contribution < 1.29 is 13.2 Å². The molecule has 1 aliphatic heterocycles. The van der Waals surface area contributed by atoms with Crippen molar-refractivity contribution in [3.63, 3.8) is 0 Å². The molecule has 0 radical (unpaired) electrons. The van der Waals surface area contributed by atoms with Gasteiger partial charge in [0.05, 0.1) is 5.56 Å². The average molecular weight is 298 g/mol. The maximum atomic E-state index is 12.9. The molecule has 0 aromatic carbocycles. The van der Waals surface area contributed by atoms with Gasteiger partial charge in [-0.05, 0) is 37.9 Å². The van der Waals surface area contributed by atoms with Crippen molar-refractivity contribution in [2.24, 2.45) is 0 Å². The van der Waals surface area contributed by atoms with Gasteiger partial charge in [-0.2, -0.15) is 13.2 Å². The second-order valence-electron chi connectivity index (χ2n) is 5.58. The van der Waals surface area contributed by atoms with Gasteiger partial charge in [0.25, 0.3) is 0 Å². The molecule has 1 unspecified atom stereocenters. The lowest BCUT2D eigenvalue weighted by atomic mass is 9.77. The first-order valence-electron chi connectivity index (χ1n) is 7.09. The molecule has 1 N–H and O–H groups in total. The maximum absolute atomic E-state index is 12.9. The number of halogens is 3. The Kier molecular flexibility index (Phi) is 3.39. The van der Waals surface area contributed by atoms with Gasteiger partial charge in [-0.1, -0.05) is 6.92 Å². The van der Waals surface area contributed by atoms with Crippen LogP contribution in [0.4, 0.5) is 13.2 Å². The quantitative estimate of drug-likeness (QED) is 0.927. The molecule has 3 rings (SSSR count). The first kappa shape index (κ1) is 14.3. The molecule has 0 spiro atoms. The largest absolute Gasteiger partial charge is 0.417 e. The molecule has 1 aliphatic rings. The minimum atomic E-state index is -4.36. The van der Waals surface area contributed by atoms with Crippen molar-refractivity contribution in [1.29, 1.82) is 0 Å². The van der Waals surface area contributed by atoms with E-state index < -0.39 is 11.7 Å². The number of nitrogens with zero attached hydrogens (tertiary/aromatic N) is 3. The number of hydrogen-bond acceptors (Lipinski definition) is 3. The highest BCUT2D eigenvalue weighted by Crippen LogP contribution is 2.35. The van der Waals surface area contributed by atoms with Crippen LogP contribution in [0.1, 0.15) is 37.6 Å². The van der Waals surface area contributed by atoms with Gasteiger partial charge >= 0.3 is 6.18 Å². The normalized spacial score (nSPS) is 23.6. The molecule has 2 aromatic heterocycles. The zero-order valence-corrected chi connectivity index (χ0v) is 11.7. The van der Waals surface area contributed by atoms with Crippen molar-refractivity contribution in [3.8, 4) is 0 Å². The number of aromatic nitrogens is 3. The van der Waals surface area contributed by atoms with E-state index in [4.69, 9.17) is 0 Å². The van der Waals surface area contributed by atoms with E-state index in [2.05, 4.69) is 15.5 Å². The van der Waals surface area contributed by atoms with Gasteiger partial charge in [-0.15, -0.1) is 10.2 Å². The number of piperidine rings is 1. The van der Waals surface area contributed by atoms with E-state index in [0.29, 0.717) is 11.5 Å². The molecule has 7 heteroatoms. The second kappa shape index (κ2) is 4.98. The molecule has 114 valence electrons. The van der Waals surface area contributed by atoms with Crippen LogP contribution < -0.4 is 5.32 Å². The lowest BCUT2D eigenvalue weighted by Gasteiger charge is -2.35. The van der Waals surface area contributed by atoms with E-state index >= 15 is 0 Å². The van der Waals surface area contributed by atoms with Crippen molar-refractivity contribution in [2.75, 3.05) is 13.1 Å². The molecule has 1 saturated heterocycles. The van der Waals surface area contributed by atoms with Crippen molar-refractivity contribution >= 4 is 5.65 Å². The van der Waals surface area contributed by atoms with Crippen molar-refractivity contribution in [1.82, 2.24) is 19.9 Å². The lowest BCUT2D eigenvalue weighted by molar-refractivity contribution is -0.137. The van der Waals surface area contributed by atoms with Gasteiger partial charge in [-0.25, -0.2) is 0 Å². The smallest absolute Gasteiger partial charge is 0.316 e. The van der Waals surface area contributed by atoms with Crippen LogP contribution in [0.2, 0.25) is 0 Å². The van der Waals surface area contributed by atoms with Crippen LogP contribution in [-0.2, 0) is 11.6 Å². The summed E-state index contributed by atoms with van der Waals surface area (Å²) >= 11 is 0. The zero-order valence-electron chi connectivity index (χ0n) is 11.7. The Labute approximate surface area is 120 Å². The Bertz CT molecular complexity index is 641. The highest BCUT2D eigenvalue weighted by atomic mass is 19.4. The molecule has 2 aromatic rings. The molecule has 4 nitrogen and oxygen atoms in total. The summed E-state index contributed by atoms with van der Waals surface area (Å²) in [5.41, 5.74) is -0.468. The summed E-state index contributed by atoms with van der Waals surface area (Å²) in [7, 11) is 0. The number of hydrogen-bond donors (Lipinski definition) is 1. The summed E-state index contributed by atoms with van der Waals surface area (Å²) in [4.78, 5) is 0. The highest BCUT2D eigenvalue weighted by Gasteiger charge is 2.37. The lowest BCUT2D eigenvalue weighted by Crippen LogP contribution is -2.44. The summed E-state index contributed by atoms with van der Waals surface area (Å²) in [5, 5.41) is 11.5. The number of rotatable bonds is 2. The summed E-state index contributed by atoms with van der Waals surface area (Å²) in [6.45, 7) is 3.70. The van der Waals surface area contributed by atoms with Crippen LogP contribution in [0.5, 0.6) is 0 Å². The SMILES string of the molecule is CCC1(c2nnc3ccc(C(F)(F)F)cn23)CCCNC1. The van der Waals surface area contributed by atoms with Crippen LogP contribution in [-0.4, -0.2) is 27.7 Å². The molecule has 1 fully saturated rings. The van der Waals surface area contributed by atoms with E-state index in [0.717, 1.165) is 44.6 Å². The predicted octanol–water partition coefficient (Wildman–Crippen LogP) is 2.78. The standard InChI is InChI=1S/C14H17F3N4/c1-2-13(6-3-7-18-9-13)12-20-19-11-5-4-10(8-21(11)12)14(15,16)17/h4-5,8,18H,2-3,6-7,9H2,1H3. The van der Waals surface area contributed by atoms with Gasteiger partial charge < -0.3 is 5.32 Å². The third-order valence-corrected chi connectivity index (χ3v) is 4.35. The molecule has 1 atom stereocenters. The van der Waals surface area contributed by atoms with Crippen LogP contribution in [0.25, 0.3) is 5.65 Å². The summed E-state index contributed by atoms with van der Waals surface area (Å²) in [6, 6.07) is 2.42. The van der Waals surface area contributed by atoms with E-state index in [1.165, 1.54) is 10.5 Å². The van der Waals surface area contributed by atoms with Crippen LogP contribution in [0, 0.1) is 0 Å². The third kappa shape index (κ3) is 2.39. The molecule has 3 heterocycles. The van der Waals surface area contributed by atoms with E-state index in [-0.39, 0.29) is 5.41 Å². The van der Waals surface area contributed by atoms with E-state index in [1.54, 1.807) is 0 Å². The minimum absolute atomic E-state index is 0.248. The van der Waals surface area contributed by atoms with Crippen LogP contribution in [0.3, 0.4) is 0 Å². The molecule has 0 bridgehead atoms. The van der Waals surface area contributed by atoms with Crippen LogP contribution in [0.15, 0.2) is 18.3 Å². The van der Waals surface area contributed by atoms with Gasteiger partial charge in [0, 0.05) is 18.2 Å². The Morgan fingerprint density at radius 3 is 2.76 bits per heavy atom. The molecular weight excluding hydrogens is 281 g/mol. The van der Waals surface area contributed by atoms with Crippen molar-refractivity contribution in [3.05, 3.63) is 29.7 Å². The fourth-order valence-electron chi connectivity index (χ4n) is 3.04. The van der Waals surface area contributed by atoms with Crippen LogP contribution >= 0.6 is 0 Å². The minimum Gasteiger partial charge on any atom is -0.316 e. The molecular formula is C14H17F3N4. The maximum Gasteiger partial charge on any atom is 0.417 e. The summed E-state index contributed by atoms with van der Waals surface area (Å²) in [5.74, 6) is 0.623. The Morgan fingerprint density at radius 2 is 2.14 bits per heavy atom. The molecule has 21 heavy (non-hydrogen) atoms. The van der Waals surface area contributed by atoms with Gasteiger partial charge in [-0.3, -0.25) is 4.40 Å². The molecule has 0 saturated carbocycles. The highest BCUT2D eigenvalue weighted by molar-refractivity contribution is 5.41. The number of pyridine rings is 1. The fourth-order valence-corrected chi connectivity index (χ4v) is 3.04. The number of nitrogens with one attached hydrogen (secondary N) is 1. The third-order valence-electron chi connectivity index (χ3n) is 4.35. The summed E-state index contributed by atoms with van der Waals surface area (Å²) < 4.78 is 40.2. The molecule has 0 aliphatic carbocycles. The van der Waals surface area contributed by atoms with Gasteiger partial charge in [0.1, 0.15) is 5.82 Å². The van der Waals surface area contributed by atoms with E-state index in [9.17, 15) is 13.2 Å². The summed E-state index contributed by atoms with van der Waals surface area (Å²) in [6.07, 6.45) is -0.539. The Hall–Kier alpha value is -1.63. The van der Waals surface area contributed by atoms with Gasteiger partial charge in [0.15, 0.2) is 5.65 Å². The number of alkyl halides is 3. The van der Waals surface area contributed by atoms with Crippen molar-refractivity contribution in [2.45, 2.75) is 37.8 Å². The first-order chi connectivity index (χ1) is 9.96. The molecule has 0 amide bonds. The zero-order chi connectivity index (χ0) is 15.1. The topological polar surface area (TPSA) is 42.2 Å². The average Bonchev–Trinajstić information content (AvgIpc) is 2.90. The van der Waals surface area contributed by atoms with Gasteiger partial charge in [0.2, 0.25) is 0 Å². The fraction of sp³-hybridized carbons (Fsp3) is 0.571. The Morgan fingerprint density at radius 1 is 1.33 bits per heavy atom. The second-order valence-corrected chi connectivity index (χ2v) is 5.58. The Balaban J connectivity index is 2.14. The number of fused-ring (bicyclic) bond motifs is 1. The predicted molar refractivity (Wildman–Crippen MR) is 72.1 cm³/mol. The first-order valence-corrected chi connectivity index (χ1v) is 7.09. The van der Waals surface area contributed by atoms with E-state index in [1.807, 2.05) is 6.92 Å².